The van der Waals surface area contributed by atoms with Gasteiger partial charge in [-0.25, -0.2) is 22.0 Å². The van der Waals surface area contributed by atoms with E-state index in [-0.39, 0.29) is 27.9 Å². The third kappa shape index (κ3) is 6.97. The standard InChI is InChI=1S/C28H16Cl3F8NO3/c29-18-3-2-15(9-16(18)20(41)7-11-1-4-19(33)17(24(11)34)10-21(42)25(35)36)40-26(43)23-22(27(23,30)31)12-5-13(28(37,38)39)8-14(32)6-12/h1-6,8-9,22-23,25H,7,10H2,(H,40,43)/t22-,23+/m0/s1. The van der Waals surface area contributed by atoms with E-state index in [0.29, 0.717) is 12.1 Å². The molecule has 4 rings (SSSR count). The van der Waals surface area contributed by atoms with Crippen LogP contribution in [-0.2, 0) is 28.6 Å². The van der Waals surface area contributed by atoms with Gasteiger partial charge in [-0.15, -0.1) is 23.2 Å². The van der Waals surface area contributed by atoms with E-state index in [4.69, 9.17) is 34.8 Å². The zero-order chi connectivity index (χ0) is 32.0. The summed E-state index contributed by atoms with van der Waals surface area (Å²) in [5.74, 6) is -9.82. The predicted molar refractivity (Wildman–Crippen MR) is 141 cm³/mol. The maximum absolute atomic E-state index is 14.9. The molecule has 2 atom stereocenters. The predicted octanol–water partition coefficient (Wildman–Crippen LogP) is 8.10. The molecule has 0 bridgehead atoms. The minimum atomic E-state index is -4.88. The normalized spacial score (nSPS) is 17.6. The molecule has 1 amide bonds. The van der Waals surface area contributed by atoms with Crippen LogP contribution in [0.15, 0.2) is 48.5 Å². The van der Waals surface area contributed by atoms with Crippen LogP contribution in [0.3, 0.4) is 0 Å². The minimum Gasteiger partial charge on any atom is -0.326 e. The van der Waals surface area contributed by atoms with Crippen LogP contribution in [0, 0.1) is 23.4 Å². The molecule has 1 fully saturated rings. The first-order valence-corrected chi connectivity index (χ1v) is 13.2. The number of carbonyl (C=O) groups is 3. The van der Waals surface area contributed by atoms with Crippen molar-refractivity contribution >= 4 is 58.0 Å². The van der Waals surface area contributed by atoms with Gasteiger partial charge in [-0.1, -0.05) is 17.7 Å². The molecule has 0 radical (unpaired) electrons. The van der Waals surface area contributed by atoms with E-state index < -0.39 is 93.2 Å². The Hall–Kier alpha value is -3.22. The molecular formula is C28H16Cl3F8NO3. The van der Waals surface area contributed by atoms with E-state index >= 15 is 0 Å². The number of rotatable bonds is 9. The molecule has 1 aliphatic carbocycles. The van der Waals surface area contributed by atoms with Crippen molar-refractivity contribution in [1.29, 1.82) is 0 Å². The van der Waals surface area contributed by atoms with Crippen molar-refractivity contribution in [2.45, 2.75) is 35.7 Å². The molecule has 1 aliphatic rings. The Kier molecular flexibility index (Phi) is 9.16. The van der Waals surface area contributed by atoms with Crippen LogP contribution >= 0.6 is 34.8 Å². The number of Topliss-reactive ketones (excluding diaryl/α,β-unsaturated/α-hetero) is 2. The van der Waals surface area contributed by atoms with Crippen molar-refractivity contribution in [3.8, 4) is 0 Å². The molecule has 0 unspecified atom stereocenters. The lowest BCUT2D eigenvalue weighted by atomic mass is 9.98. The number of hydrogen-bond donors (Lipinski definition) is 1. The molecule has 3 aromatic carbocycles. The van der Waals surface area contributed by atoms with Gasteiger partial charge in [0.15, 0.2) is 5.78 Å². The summed E-state index contributed by atoms with van der Waals surface area (Å²) >= 11 is 18.4. The molecule has 15 heteroatoms. The van der Waals surface area contributed by atoms with Gasteiger partial charge < -0.3 is 5.32 Å². The summed E-state index contributed by atoms with van der Waals surface area (Å²) in [6.45, 7) is 0. The summed E-state index contributed by atoms with van der Waals surface area (Å²) in [6.07, 6.45) is -10.3. The Morgan fingerprint density at radius 1 is 0.930 bits per heavy atom. The van der Waals surface area contributed by atoms with Gasteiger partial charge in [0.2, 0.25) is 11.7 Å². The zero-order valence-electron chi connectivity index (χ0n) is 21.1. The van der Waals surface area contributed by atoms with Gasteiger partial charge in [0, 0.05) is 35.6 Å². The van der Waals surface area contributed by atoms with Crippen LogP contribution in [0.2, 0.25) is 5.02 Å². The Morgan fingerprint density at radius 3 is 2.23 bits per heavy atom. The smallest absolute Gasteiger partial charge is 0.326 e. The second-order valence-corrected chi connectivity index (χ2v) is 11.5. The maximum Gasteiger partial charge on any atom is 0.416 e. The summed E-state index contributed by atoms with van der Waals surface area (Å²) in [4.78, 5) is 37.3. The summed E-state index contributed by atoms with van der Waals surface area (Å²) in [6, 6.07) is 6.83. The number of nitrogens with one attached hydrogen (secondary N) is 1. The van der Waals surface area contributed by atoms with Crippen molar-refractivity contribution in [3.05, 3.63) is 98.8 Å². The molecular weight excluding hydrogens is 657 g/mol. The zero-order valence-corrected chi connectivity index (χ0v) is 23.4. The van der Waals surface area contributed by atoms with Gasteiger partial charge in [-0.3, -0.25) is 14.4 Å². The van der Waals surface area contributed by atoms with Gasteiger partial charge in [0.05, 0.1) is 16.5 Å². The first-order valence-electron chi connectivity index (χ1n) is 12.1. The Morgan fingerprint density at radius 2 is 1.60 bits per heavy atom. The molecule has 1 N–H and O–H groups in total. The Balaban J connectivity index is 1.53. The molecule has 228 valence electrons. The van der Waals surface area contributed by atoms with Crippen molar-refractivity contribution in [2.24, 2.45) is 5.92 Å². The summed E-state index contributed by atoms with van der Waals surface area (Å²) in [5, 5.41) is 2.25. The average molecular weight is 673 g/mol. The second-order valence-electron chi connectivity index (χ2n) is 9.63. The van der Waals surface area contributed by atoms with E-state index in [1.165, 1.54) is 12.1 Å². The number of alkyl halides is 7. The first kappa shape index (κ1) is 32.7. The van der Waals surface area contributed by atoms with Gasteiger partial charge in [0.1, 0.15) is 21.8 Å². The third-order valence-electron chi connectivity index (χ3n) is 6.69. The van der Waals surface area contributed by atoms with E-state index in [9.17, 15) is 49.5 Å². The molecule has 0 aromatic heterocycles. The lowest BCUT2D eigenvalue weighted by Crippen LogP contribution is -2.18. The van der Waals surface area contributed by atoms with Gasteiger partial charge >= 0.3 is 6.18 Å². The minimum absolute atomic E-state index is 0.0504. The van der Waals surface area contributed by atoms with Gasteiger partial charge in [-0.05, 0) is 53.6 Å². The SMILES string of the molecule is O=C(Cc1ccc(F)c(CC(=O)C(F)F)c1F)c1cc(NC(=O)[C@H]2[C@H](c3cc(F)cc(C(F)(F)F)c3)C2(Cl)Cl)ccc1Cl. The van der Waals surface area contributed by atoms with Crippen LogP contribution in [0.1, 0.15) is 38.5 Å². The van der Waals surface area contributed by atoms with E-state index in [0.717, 1.165) is 18.2 Å². The highest BCUT2D eigenvalue weighted by atomic mass is 35.5. The lowest BCUT2D eigenvalue weighted by molar-refractivity contribution is -0.137. The number of carbonyl (C=O) groups excluding carboxylic acids is 3. The monoisotopic (exact) mass is 671 g/mol. The fourth-order valence-corrected chi connectivity index (χ4v) is 5.58. The topological polar surface area (TPSA) is 63.2 Å². The first-order chi connectivity index (χ1) is 19.9. The van der Waals surface area contributed by atoms with Crippen LogP contribution in [-0.4, -0.2) is 28.2 Å². The molecule has 4 nitrogen and oxygen atoms in total. The largest absolute Gasteiger partial charge is 0.416 e. The van der Waals surface area contributed by atoms with Crippen molar-refractivity contribution in [1.82, 2.24) is 0 Å². The molecule has 0 aliphatic heterocycles. The number of anilines is 1. The van der Waals surface area contributed by atoms with Crippen LogP contribution in [0.25, 0.3) is 0 Å². The fourth-order valence-electron chi connectivity index (χ4n) is 4.52. The second kappa shape index (κ2) is 12.0. The Bertz CT molecular complexity index is 1630. The molecule has 0 heterocycles. The summed E-state index contributed by atoms with van der Waals surface area (Å²) < 4.78 is 106. The summed E-state index contributed by atoms with van der Waals surface area (Å²) in [5.41, 5.74) is -3.22. The highest BCUT2D eigenvalue weighted by Gasteiger charge is 2.67. The molecule has 0 saturated heterocycles. The van der Waals surface area contributed by atoms with Crippen molar-refractivity contribution < 1.29 is 49.5 Å². The lowest BCUT2D eigenvalue weighted by Gasteiger charge is -2.11. The van der Waals surface area contributed by atoms with E-state index in [1.807, 2.05) is 0 Å². The van der Waals surface area contributed by atoms with E-state index in [1.54, 1.807) is 0 Å². The summed E-state index contributed by atoms with van der Waals surface area (Å²) in [7, 11) is 0. The number of hydrogen-bond acceptors (Lipinski definition) is 3. The van der Waals surface area contributed by atoms with E-state index in [2.05, 4.69) is 5.32 Å². The van der Waals surface area contributed by atoms with Gasteiger partial charge in [0.25, 0.3) is 6.43 Å². The van der Waals surface area contributed by atoms with Crippen molar-refractivity contribution in [3.63, 3.8) is 0 Å². The van der Waals surface area contributed by atoms with Crippen LogP contribution in [0.4, 0.5) is 40.8 Å². The quantitative estimate of drug-likeness (QED) is 0.142. The van der Waals surface area contributed by atoms with Crippen LogP contribution < -0.4 is 5.32 Å². The van der Waals surface area contributed by atoms with Gasteiger partial charge in [-0.2, -0.15) is 13.2 Å². The Labute approximate surface area is 252 Å². The molecule has 1 saturated carbocycles. The number of halogens is 11. The molecule has 0 spiro atoms. The maximum atomic E-state index is 14.9. The fraction of sp³-hybridized carbons (Fsp3) is 0.250. The van der Waals surface area contributed by atoms with Crippen LogP contribution in [0.5, 0.6) is 0 Å². The third-order valence-corrected chi connectivity index (χ3v) is 7.96. The number of ketones is 2. The highest BCUT2D eigenvalue weighted by Crippen LogP contribution is 2.65. The molecule has 43 heavy (non-hydrogen) atoms. The van der Waals surface area contributed by atoms with Crippen molar-refractivity contribution in [2.75, 3.05) is 5.32 Å². The average Bonchev–Trinajstić information content (AvgIpc) is 3.50. The molecule has 3 aromatic rings. The highest BCUT2D eigenvalue weighted by molar-refractivity contribution is 6.53. The number of amides is 1. The number of benzene rings is 3.